The van der Waals surface area contributed by atoms with E-state index in [1.165, 1.54) is 75.7 Å². The maximum atomic E-state index is 2.20. The molecule has 2 rings (SSSR count). The fraction of sp³-hybridized carbons (Fsp3) is 1.00. The molecular formula is C14H26S4Zn. The molecule has 2 aliphatic rings. The minimum Gasteiger partial charge on any atom is -0.0939 e. The van der Waals surface area contributed by atoms with Crippen LogP contribution in [0.1, 0.15) is 64.2 Å². The summed E-state index contributed by atoms with van der Waals surface area (Å²) < 4.78 is 0. The van der Waals surface area contributed by atoms with Crippen LogP contribution < -0.4 is 0 Å². The van der Waals surface area contributed by atoms with Crippen molar-refractivity contribution in [1.82, 2.24) is 0 Å². The van der Waals surface area contributed by atoms with Gasteiger partial charge in [-0.1, -0.05) is 68.9 Å². The SMILES string of the molecule is C1CCSSC(CCC2CCCCCSS2)CC1.[Zn]. The third kappa shape index (κ3) is 8.91. The Morgan fingerprint density at radius 3 is 1.58 bits per heavy atom. The van der Waals surface area contributed by atoms with Gasteiger partial charge in [-0.2, -0.15) is 0 Å². The summed E-state index contributed by atoms with van der Waals surface area (Å²) >= 11 is 0. The second kappa shape index (κ2) is 12.6. The van der Waals surface area contributed by atoms with Gasteiger partial charge < -0.3 is 0 Å². The van der Waals surface area contributed by atoms with Gasteiger partial charge in [0, 0.05) is 41.5 Å². The second-order valence-electron chi connectivity index (χ2n) is 5.36. The number of rotatable bonds is 3. The van der Waals surface area contributed by atoms with Gasteiger partial charge in [0.2, 0.25) is 0 Å². The van der Waals surface area contributed by atoms with Crippen molar-refractivity contribution in [2.24, 2.45) is 0 Å². The maximum absolute atomic E-state index is 2.20. The number of hydrogen-bond acceptors (Lipinski definition) is 4. The van der Waals surface area contributed by atoms with Gasteiger partial charge in [-0.15, -0.1) is 0 Å². The first-order valence-corrected chi connectivity index (χ1v) is 12.3. The normalized spacial score (nSPS) is 30.3. The molecule has 0 aromatic rings. The van der Waals surface area contributed by atoms with Crippen molar-refractivity contribution in [3.05, 3.63) is 0 Å². The summed E-state index contributed by atoms with van der Waals surface area (Å²) in [4.78, 5) is 0. The Morgan fingerprint density at radius 1 is 0.632 bits per heavy atom. The third-order valence-electron chi connectivity index (χ3n) is 3.73. The standard InChI is InChI=1S/C14H26S4.Zn/c1-3-7-13(17-15-11-5-1)9-10-14-8-4-2-6-12-16-18-14;/h13-14H,1-12H2;. The van der Waals surface area contributed by atoms with Crippen LogP contribution in [0.4, 0.5) is 0 Å². The molecule has 0 amide bonds. The number of hydrogen-bond donors (Lipinski definition) is 0. The molecule has 0 aliphatic carbocycles. The van der Waals surface area contributed by atoms with Crippen molar-refractivity contribution in [1.29, 1.82) is 0 Å². The molecule has 2 fully saturated rings. The summed E-state index contributed by atoms with van der Waals surface area (Å²) in [5.74, 6) is 2.77. The first-order chi connectivity index (χ1) is 8.95. The molecule has 0 radical (unpaired) electrons. The summed E-state index contributed by atoms with van der Waals surface area (Å²) in [6, 6.07) is 0. The minimum absolute atomic E-state index is 0. The average molecular weight is 388 g/mol. The molecule has 5 heteroatoms. The van der Waals surface area contributed by atoms with E-state index < -0.39 is 0 Å². The topological polar surface area (TPSA) is 0 Å². The van der Waals surface area contributed by atoms with Crippen molar-refractivity contribution < 1.29 is 19.5 Å². The van der Waals surface area contributed by atoms with Gasteiger partial charge in [0.1, 0.15) is 0 Å². The second-order valence-corrected chi connectivity index (χ2v) is 10.9. The Morgan fingerprint density at radius 2 is 1.11 bits per heavy atom. The molecule has 0 aromatic heterocycles. The molecule has 2 saturated heterocycles. The van der Waals surface area contributed by atoms with Gasteiger partial charge in [-0.25, -0.2) is 0 Å². The zero-order valence-corrected chi connectivity index (χ0v) is 18.2. The molecule has 19 heavy (non-hydrogen) atoms. The van der Waals surface area contributed by atoms with Gasteiger partial charge >= 0.3 is 0 Å². The molecule has 0 spiro atoms. The molecule has 2 heterocycles. The van der Waals surface area contributed by atoms with Gasteiger partial charge in [0.15, 0.2) is 0 Å². The van der Waals surface area contributed by atoms with Crippen LogP contribution in [0.2, 0.25) is 0 Å². The van der Waals surface area contributed by atoms with Crippen molar-refractivity contribution in [3.8, 4) is 0 Å². The average Bonchev–Trinajstić information content (AvgIpc) is 2.29. The maximum Gasteiger partial charge on any atom is 0.0151 e. The van der Waals surface area contributed by atoms with Crippen LogP contribution >= 0.6 is 43.2 Å². The largest absolute Gasteiger partial charge is 0.0939 e. The molecule has 0 saturated carbocycles. The molecule has 2 aliphatic heterocycles. The monoisotopic (exact) mass is 386 g/mol. The van der Waals surface area contributed by atoms with Crippen LogP contribution in [-0.2, 0) is 19.5 Å². The van der Waals surface area contributed by atoms with E-state index >= 15 is 0 Å². The van der Waals surface area contributed by atoms with E-state index in [-0.39, 0.29) is 19.5 Å². The Kier molecular flexibility index (Phi) is 12.6. The molecular weight excluding hydrogens is 362 g/mol. The predicted octanol–water partition coefficient (Wildman–Crippen LogP) is 6.41. The molecule has 0 N–H and O–H groups in total. The Bertz CT molecular complexity index is 178. The predicted molar refractivity (Wildman–Crippen MR) is 93.8 cm³/mol. The van der Waals surface area contributed by atoms with Crippen LogP contribution in [0.5, 0.6) is 0 Å². The van der Waals surface area contributed by atoms with Crippen LogP contribution in [0, 0.1) is 0 Å². The quantitative estimate of drug-likeness (QED) is 0.405. The molecule has 108 valence electrons. The summed E-state index contributed by atoms with van der Waals surface area (Å²) in [5, 5.41) is 1.90. The molecule has 0 nitrogen and oxygen atoms in total. The molecule has 0 aromatic carbocycles. The van der Waals surface area contributed by atoms with Crippen molar-refractivity contribution in [3.63, 3.8) is 0 Å². The smallest absolute Gasteiger partial charge is 0.0151 e. The van der Waals surface area contributed by atoms with Crippen LogP contribution in [-0.4, -0.2) is 22.0 Å². The zero-order valence-electron chi connectivity index (χ0n) is 12.0. The van der Waals surface area contributed by atoms with Gasteiger partial charge in [-0.05, 0) is 38.5 Å². The summed E-state index contributed by atoms with van der Waals surface area (Å²) in [5.41, 5.74) is 0. The van der Waals surface area contributed by atoms with E-state index in [4.69, 9.17) is 0 Å². The van der Waals surface area contributed by atoms with Crippen LogP contribution in [0.15, 0.2) is 0 Å². The van der Waals surface area contributed by atoms with E-state index in [0.29, 0.717) is 0 Å². The first kappa shape index (κ1) is 19.1. The molecule has 2 atom stereocenters. The van der Waals surface area contributed by atoms with E-state index in [2.05, 4.69) is 43.2 Å². The fourth-order valence-corrected chi connectivity index (χ4v) is 8.37. The van der Waals surface area contributed by atoms with Gasteiger partial charge in [-0.3, -0.25) is 0 Å². The fourth-order valence-electron chi connectivity index (χ4n) is 2.56. The van der Waals surface area contributed by atoms with Crippen molar-refractivity contribution in [2.75, 3.05) is 11.5 Å². The summed E-state index contributed by atoms with van der Waals surface area (Å²) in [6.07, 6.45) is 14.7. The van der Waals surface area contributed by atoms with E-state index in [1.54, 1.807) is 0 Å². The van der Waals surface area contributed by atoms with Crippen molar-refractivity contribution >= 4 is 43.2 Å². The summed E-state index contributed by atoms with van der Waals surface area (Å²) in [7, 11) is 8.66. The van der Waals surface area contributed by atoms with Crippen LogP contribution in [0.25, 0.3) is 0 Å². The first-order valence-electron chi connectivity index (χ1n) is 7.52. The van der Waals surface area contributed by atoms with Gasteiger partial charge in [0.05, 0.1) is 0 Å². The Balaban J connectivity index is 0.00000180. The third-order valence-corrected chi connectivity index (χ3v) is 9.85. The Labute approximate surface area is 148 Å². The zero-order chi connectivity index (χ0) is 12.5. The van der Waals surface area contributed by atoms with Crippen molar-refractivity contribution in [2.45, 2.75) is 74.7 Å². The molecule has 0 bridgehead atoms. The Hall–Kier alpha value is 2.02. The van der Waals surface area contributed by atoms with Gasteiger partial charge in [0.25, 0.3) is 0 Å². The van der Waals surface area contributed by atoms with Crippen LogP contribution in [0.3, 0.4) is 0 Å². The summed E-state index contributed by atoms with van der Waals surface area (Å²) in [6.45, 7) is 0. The van der Waals surface area contributed by atoms with E-state index in [1.807, 2.05) is 0 Å². The minimum atomic E-state index is 0. The van der Waals surface area contributed by atoms with E-state index in [0.717, 1.165) is 10.5 Å². The van der Waals surface area contributed by atoms with E-state index in [9.17, 15) is 0 Å². The molecule has 2 unspecified atom stereocenters.